The van der Waals surface area contributed by atoms with E-state index in [1.165, 1.54) is 12.4 Å². The van der Waals surface area contributed by atoms with Gasteiger partial charge in [0.2, 0.25) is 5.91 Å². The van der Waals surface area contributed by atoms with Crippen LogP contribution in [0.2, 0.25) is 5.02 Å². The van der Waals surface area contributed by atoms with Crippen LogP contribution in [0.5, 0.6) is 11.5 Å². The standard InChI is InChI=1S/C27H27ClN6O3/c1-4-26(35)33-23-14-20-22(15-25(23)36-12-11-34(2)3)30-17-31-27(20)32-18-8-9-24(21(28)13-18)37-16-19-7-5-6-10-29-19/h4-10,13-15,17H,1,11-12,16H2,2-3H3,(H,33,35)(H,30,31,32). The number of likely N-dealkylation sites (N-methyl/N-ethyl adjacent to an activating group) is 1. The molecule has 0 saturated heterocycles. The van der Waals surface area contributed by atoms with Crippen LogP contribution in [0.4, 0.5) is 17.2 Å². The molecule has 0 fully saturated rings. The van der Waals surface area contributed by atoms with Crippen LogP contribution in [-0.2, 0) is 11.4 Å². The topological polar surface area (TPSA) is 102 Å². The van der Waals surface area contributed by atoms with Crippen molar-refractivity contribution in [2.75, 3.05) is 37.9 Å². The summed E-state index contributed by atoms with van der Waals surface area (Å²) in [5.41, 5.74) is 2.65. The van der Waals surface area contributed by atoms with Crippen LogP contribution < -0.4 is 20.1 Å². The van der Waals surface area contributed by atoms with Gasteiger partial charge in [-0.05, 0) is 56.6 Å². The van der Waals surface area contributed by atoms with E-state index in [1.54, 1.807) is 30.5 Å². The number of pyridine rings is 1. The fraction of sp³-hybridized carbons (Fsp3) is 0.185. The molecule has 2 N–H and O–H groups in total. The molecular weight excluding hydrogens is 492 g/mol. The Balaban J connectivity index is 1.58. The Kier molecular flexibility index (Phi) is 8.50. The van der Waals surface area contributed by atoms with Gasteiger partial charge in [-0.2, -0.15) is 0 Å². The smallest absolute Gasteiger partial charge is 0.247 e. The lowest BCUT2D eigenvalue weighted by Crippen LogP contribution is -2.20. The lowest BCUT2D eigenvalue weighted by Gasteiger charge is -2.16. The summed E-state index contributed by atoms with van der Waals surface area (Å²) in [6.45, 7) is 5.00. The lowest BCUT2D eigenvalue weighted by atomic mass is 10.1. The van der Waals surface area contributed by atoms with Gasteiger partial charge >= 0.3 is 0 Å². The van der Waals surface area contributed by atoms with Crippen molar-refractivity contribution >= 4 is 45.6 Å². The first-order valence-corrected chi connectivity index (χ1v) is 11.9. The molecule has 0 radical (unpaired) electrons. The SMILES string of the molecule is C=CC(=O)Nc1cc2c(Nc3ccc(OCc4ccccn4)c(Cl)c3)ncnc2cc1OCCN(C)C. The van der Waals surface area contributed by atoms with E-state index in [-0.39, 0.29) is 5.91 Å². The van der Waals surface area contributed by atoms with Crippen LogP contribution in [0.1, 0.15) is 5.69 Å². The molecular formula is C27H27ClN6O3. The number of anilines is 3. The molecule has 2 aromatic carbocycles. The average molecular weight is 519 g/mol. The molecule has 2 aromatic heterocycles. The fourth-order valence-corrected chi connectivity index (χ4v) is 3.63. The Hall–Kier alpha value is -4.21. The maximum absolute atomic E-state index is 12.1. The Morgan fingerprint density at radius 2 is 1.95 bits per heavy atom. The van der Waals surface area contributed by atoms with E-state index in [1.807, 2.05) is 43.3 Å². The first-order valence-electron chi connectivity index (χ1n) is 11.5. The maximum atomic E-state index is 12.1. The Labute approximate surface area is 220 Å². The van der Waals surface area contributed by atoms with Crippen LogP contribution >= 0.6 is 11.6 Å². The third-order valence-corrected chi connectivity index (χ3v) is 5.57. The molecule has 9 nitrogen and oxygen atoms in total. The zero-order chi connectivity index (χ0) is 26.2. The van der Waals surface area contributed by atoms with Crippen LogP contribution in [0.25, 0.3) is 10.9 Å². The zero-order valence-corrected chi connectivity index (χ0v) is 21.3. The number of fused-ring (bicyclic) bond motifs is 1. The average Bonchev–Trinajstić information content (AvgIpc) is 2.89. The molecule has 37 heavy (non-hydrogen) atoms. The number of nitrogens with zero attached hydrogens (tertiary/aromatic N) is 4. The van der Waals surface area contributed by atoms with Crippen molar-refractivity contribution in [1.82, 2.24) is 19.9 Å². The van der Waals surface area contributed by atoms with Crippen molar-refractivity contribution in [2.24, 2.45) is 0 Å². The van der Waals surface area contributed by atoms with Crippen LogP contribution in [0.3, 0.4) is 0 Å². The van der Waals surface area contributed by atoms with E-state index < -0.39 is 0 Å². The second kappa shape index (κ2) is 12.2. The van der Waals surface area contributed by atoms with E-state index in [0.29, 0.717) is 64.4 Å². The van der Waals surface area contributed by atoms with Gasteiger partial charge in [0.05, 0.1) is 21.9 Å². The Morgan fingerprint density at radius 3 is 2.68 bits per heavy atom. The number of benzene rings is 2. The highest BCUT2D eigenvalue weighted by molar-refractivity contribution is 6.32. The van der Waals surface area contributed by atoms with Crippen molar-refractivity contribution in [3.8, 4) is 11.5 Å². The summed E-state index contributed by atoms with van der Waals surface area (Å²) in [7, 11) is 3.92. The molecule has 190 valence electrons. The van der Waals surface area contributed by atoms with Gasteiger partial charge in [-0.15, -0.1) is 0 Å². The quantitative estimate of drug-likeness (QED) is 0.265. The Bertz CT molecular complexity index is 1400. The minimum Gasteiger partial charge on any atom is -0.490 e. The van der Waals surface area contributed by atoms with Gasteiger partial charge in [0.1, 0.15) is 36.9 Å². The molecule has 0 bridgehead atoms. The molecule has 4 rings (SSSR count). The van der Waals surface area contributed by atoms with Crippen molar-refractivity contribution in [2.45, 2.75) is 6.61 Å². The van der Waals surface area contributed by atoms with Gasteiger partial charge in [-0.1, -0.05) is 24.2 Å². The van der Waals surface area contributed by atoms with Crippen LogP contribution in [0.15, 0.2) is 73.7 Å². The molecule has 0 aliphatic heterocycles. The summed E-state index contributed by atoms with van der Waals surface area (Å²) in [5.74, 6) is 1.24. The molecule has 0 aliphatic carbocycles. The second-order valence-corrected chi connectivity index (χ2v) is 8.72. The van der Waals surface area contributed by atoms with Crippen LogP contribution in [-0.4, -0.2) is 53.0 Å². The summed E-state index contributed by atoms with van der Waals surface area (Å²) in [6, 6.07) is 14.6. The van der Waals surface area contributed by atoms with Gasteiger partial charge in [0.25, 0.3) is 0 Å². The Morgan fingerprint density at radius 1 is 1.08 bits per heavy atom. The highest BCUT2D eigenvalue weighted by atomic mass is 35.5. The van der Waals surface area contributed by atoms with Crippen molar-refractivity contribution in [1.29, 1.82) is 0 Å². The first kappa shape index (κ1) is 25.9. The molecule has 1 amide bonds. The normalized spacial score (nSPS) is 10.8. The highest BCUT2D eigenvalue weighted by Gasteiger charge is 2.14. The molecule has 4 aromatic rings. The second-order valence-electron chi connectivity index (χ2n) is 8.31. The molecule has 0 atom stereocenters. The minimum absolute atomic E-state index is 0.308. The molecule has 0 unspecified atom stereocenters. The van der Waals surface area contributed by atoms with E-state index in [0.717, 1.165) is 5.69 Å². The summed E-state index contributed by atoms with van der Waals surface area (Å²) in [6.07, 6.45) is 4.38. The summed E-state index contributed by atoms with van der Waals surface area (Å²) >= 11 is 6.48. The summed E-state index contributed by atoms with van der Waals surface area (Å²) in [4.78, 5) is 27.1. The number of carbonyl (C=O) groups is 1. The first-order chi connectivity index (χ1) is 17.9. The number of aromatic nitrogens is 3. The van der Waals surface area contributed by atoms with E-state index in [4.69, 9.17) is 21.1 Å². The monoisotopic (exact) mass is 518 g/mol. The predicted octanol–water partition coefficient (Wildman–Crippen LogP) is 5.07. The molecule has 2 heterocycles. The summed E-state index contributed by atoms with van der Waals surface area (Å²) < 4.78 is 11.7. The fourth-order valence-electron chi connectivity index (χ4n) is 3.39. The third-order valence-electron chi connectivity index (χ3n) is 5.27. The number of amides is 1. The number of nitrogens with one attached hydrogen (secondary N) is 2. The minimum atomic E-state index is -0.351. The molecule has 0 aliphatic rings. The van der Waals surface area contributed by atoms with E-state index in [9.17, 15) is 4.79 Å². The van der Waals surface area contributed by atoms with Crippen molar-refractivity contribution in [3.05, 3.63) is 84.4 Å². The van der Waals surface area contributed by atoms with E-state index in [2.05, 4.69) is 32.2 Å². The number of carbonyl (C=O) groups excluding carboxylic acids is 1. The lowest BCUT2D eigenvalue weighted by molar-refractivity contribution is -0.111. The molecule has 0 saturated carbocycles. The van der Waals surface area contributed by atoms with Gasteiger partial charge in [-0.3, -0.25) is 9.78 Å². The number of hydrogen-bond donors (Lipinski definition) is 2. The molecule has 10 heteroatoms. The van der Waals surface area contributed by atoms with Gasteiger partial charge < -0.3 is 25.0 Å². The van der Waals surface area contributed by atoms with Gasteiger partial charge in [-0.25, -0.2) is 9.97 Å². The maximum Gasteiger partial charge on any atom is 0.247 e. The molecule has 0 spiro atoms. The number of halogens is 1. The largest absolute Gasteiger partial charge is 0.490 e. The van der Waals surface area contributed by atoms with Gasteiger partial charge in [0, 0.05) is 29.9 Å². The number of hydrogen-bond acceptors (Lipinski definition) is 8. The zero-order valence-electron chi connectivity index (χ0n) is 20.6. The van der Waals surface area contributed by atoms with E-state index >= 15 is 0 Å². The van der Waals surface area contributed by atoms with Crippen molar-refractivity contribution in [3.63, 3.8) is 0 Å². The predicted molar refractivity (Wildman–Crippen MR) is 146 cm³/mol. The summed E-state index contributed by atoms with van der Waals surface area (Å²) in [5, 5.41) is 7.21. The van der Waals surface area contributed by atoms with Gasteiger partial charge in [0.15, 0.2) is 0 Å². The number of ether oxygens (including phenoxy) is 2. The van der Waals surface area contributed by atoms with Crippen LogP contribution in [0, 0.1) is 0 Å². The number of rotatable bonds is 11. The van der Waals surface area contributed by atoms with Crippen molar-refractivity contribution < 1.29 is 14.3 Å². The third kappa shape index (κ3) is 6.93. The highest BCUT2D eigenvalue weighted by Crippen LogP contribution is 2.35.